The first-order valence-corrected chi connectivity index (χ1v) is 9.12. The van der Waals surface area contributed by atoms with Crippen molar-refractivity contribution in [3.8, 4) is 23.0 Å². The van der Waals surface area contributed by atoms with Gasteiger partial charge in [-0.1, -0.05) is 17.3 Å². The molecule has 0 fully saturated rings. The average molecular weight is 390 g/mol. The molecule has 0 radical (unpaired) electrons. The number of aryl methyl sites for hydroxylation is 2. The van der Waals surface area contributed by atoms with Crippen LogP contribution in [0.1, 0.15) is 11.1 Å². The Labute approximate surface area is 167 Å². The molecule has 1 N–H and O–H groups in total. The fraction of sp³-hybridized carbons (Fsp3) is 0.136. The third-order valence-electron chi connectivity index (χ3n) is 4.56. The van der Waals surface area contributed by atoms with Gasteiger partial charge in [0.1, 0.15) is 18.1 Å². The van der Waals surface area contributed by atoms with Crippen LogP contribution in [0.5, 0.6) is 0 Å². The van der Waals surface area contributed by atoms with Crippen LogP contribution in [-0.4, -0.2) is 20.6 Å². The molecule has 6 nitrogen and oxygen atoms in total. The zero-order valence-electron chi connectivity index (χ0n) is 16.0. The number of nitrogens with one attached hydrogen (secondary N) is 1. The molecular formula is C22H19FN4O2. The van der Waals surface area contributed by atoms with Crippen molar-refractivity contribution in [2.24, 2.45) is 0 Å². The van der Waals surface area contributed by atoms with Gasteiger partial charge in [-0.15, -0.1) is 0 Å². The second-order valence-electron chi connectivity index (χ2n) is 6.82. The van der Waals surface area contributed by atoms with Crippen LogP contribution in [0.3, 0.4) is 0 Å². The molecule has 0 unspecified atom stereocenters. The summed E-state index contributed by atoms with van der Waals surface area (Å²) in [6.07, 6.45) is 1.78. The van der Waals surface area contributed by atoms with Crippen LogP contribution in [0, 0.1) is 19.7 Å². The number of aromatic nitrogens is 3. The summed E-state index contributed by atoms with van der Waals surface area (Å²) in [5, 5.41) is 6.90. The Kier molecular flexibility index (Phi) is 4.95. The van der Waals surface area contributed by atoms with Gasteiger partial charge < -0.3 is 14.4 Å². The Bertz CT molecular complexity index is 1160. The van der Waals surface area contributed by atoms with Gasteiger partial charge >= 0.3 is 0 Å². The number of hydrogen-bond acceptors (Lipinski definition) is 4. The lowest BCUT2D eigenvalue weighted by Gasteiger charge is -2.11. The summed E-state index contributed by atoms with van der Waals surface area (Å²) in [7, 11) is 0. The Hall–Kier alpha value is -3.74. The fourth-order valence-corrected chi connectivity index (χ4v) is 3.00. The molecular weight excluding hydrogens is 371 g/mol. The molecule has 2 aromatic heterocycles. The van der Waals surface area contributed by atoms with E-state index in [4.69, 9.17) is 4.52 Å². The summed E-state index contributed by atoms with van der Waals surface area (Å²) in [4.78, 5) is 16.9. The number of rotatable bonds is 5. The molecule has 4 rings (SSSR count). The maximum absolute atomic E-state index is 13.1. The molecule has 0 saturated heterocycles. The van der Waals surface area contributed by atoms with Gasteiger partial charge in [0.05, 0.1) is 0 Å². The maximum Gasteiger partial charge on any atom is 0.274 e. The Balaban J connectivity index is 1.52. The molecule has 7 heteroatoms. The highest BCUT2D eigenvalue weighted by Crippen LogP contribution is 2.23. The lowest BCUT2D eigenvalue weighted by atomic mass is 10.1. The van der Waals surface area contributed by atoms with Gasteiger partial charge in [-0.3, -0.25) is 4.79 Å². The summed E-state index contributed by atoms with van der Waals surface area (Å²) >= 11 is 0. The van der Waals surface area contributed by atoms with Crippen LogP contribution in [0.25, 0.3) is 23.0 Å². The van der Waals surface area contributed by atoms with Gasteiger partial charge in [-0.25, -0.2) is 4.39 Å². The van der Waals surface area contributed by atoms with Gasteiger partial charge in [0.2, 0.25) is 11.7 Å². The van der Waals surface area contributed by atoms with E-state index in [1.165, 1.54) is 12.1 Å². The standard InChI is InChI=1S/C22H19FN4O2/c1-14-5-6-15(2)18(12-14)24-20(28)13-27-11-3-4-19(27)22-25-21(26-29-22)16-7-9-17(23)10-8-16/h3-12H,13H2,1-2H3,(H,24,28). The normalized spacial score (nSPS) is 10.9. The van der Waals surface area contributed by atoms with Crippen LogP contribution in [0.15, 0.2) is 65.3 Å². The lowest BCUT2D eigenvalue weighted by Crippen LogP contribution is -2.19. The monoisotopic (exact) mass is 390 g/mol. The third-order valence-corrected chi connectivity index (χ3v) is 4.56. The Morgan fingerprint density at radius 3 is 2.72 bits per heavy atom. The second-order valence-corrected chi connectivity index (χ2v) is 6.82. The highest BCUT2D eigenvalue weighted by atomic mass is 19.1. The van der Waals surface area contributed by atoms with Gasteiger partial charge in [0.15, 0.2) is 0 Å². The van der Waals surface area contributed by atoms with Crippen LogP contribution < -0.4 is 5.32 Å². The SMILES string of the molecule is Cc1ccc(C)c(NC(=O)Cn2cccc2-c2nc(-c3ccc(F)cc3)no2)c1. The van der Waals surface area contributed by atoms with Crippen molar-refractivity contribution in [3.05, 3.63) is 77.7 Å². The smallest absolute Gasteiger partial charge is 0.274 e. The van der Waals surface area contributed by atoms with Crippen molar-refractivity contribution in [1.82, 2.24) is 14.7 Å². The van der Waals surface area contributed by atoms with Crippen molar-refractivity contribution in [1.29, 1.82) is 0 Å². The Morgan fingerprint density at radius 1 is 1.14 bits per heavy atom. The first kappa shape index (κ1) is 18.6. The molecule has 0 atom stereocenters. The van der Waals surface area contributed by atoms with E-state index < -0.39 is 0 Å². The molecule has 2 heterocycles. The van der Waals surface area contributed by atoms with E-state index in [1.807, 2.05) is 38.1 Å². The summed E-state index contributed by atoms with van der Waals surface area (Å²) in [6, 6.07) is 15.4. The summed E-state index contributed by atoms with van der Waals surface area (Å²) < 4.78 is 20.2. The number of amides is 1. The minimum atomic E-state index is -0.332. The van der Waals surface area contributed by atoms with Crippen LogP contribution in [0.4, 0.5) is 10.1 Å². The van der Waals surface area contributed by atoms with Gasteiger partial charge in [0.25, 0.3) is 5.89 Å². The lowest BCUT2D eigenvalue weighted by molar-refractivity contribution is -0.116. The van der Waals surface area contributed by atoms with E-state index in [0.29, 0.717) is 17.1 Å². The van der Waals surface area contributed by atoms with Crippen molar-refractivity contribution < 1.29 is 13.7 Å². The van der Waals surface area contributed by atoms with Crippen LogP contribution in [-0.2, 0) is 11.3 Å². The van der Waals surface area contributed by atoms with Crippen LogP contribution >= 0.6 is 0 Å². The molecule has 0 bridgehead atoms. The molecule has 29 heavy (non-hydrogen) atoms. The predicted molar refractivity (Wildman–Crippen MR) is 108 cm³/mol. The van der Waals surface area contributed by atoms with E-state index in [-0.39, 0.29) is 24.2 Å². The van der Waals surface area contributed by atoms with E-state index in [9.17, 15) is 9.18 Å². The minimum absolute atomic E-state index is 0.101. The average Bonchev–Trinajstić information content (AvgIpc) is 3.34. The zero-order valence-corrected chi connectivity index (χ0v) is 16.0. The number of carbonyl (C=O) groups excluding carboxylic acids is 1. The van der Waals surface area contributed by atoms with Crippen LogP contribution in [0.2, 0.25) is 0 Å². The number of halogens is 1. The second kappa shape index (κ2) is 7.71. The van der Waals surface area contributed by atoms with E-state index in [1.54, 1.807) is 29.0 Å². The largest absolute Gasteiger partial charge is 0.334 e. The molecule has 2 aromatic carbocycles. The van der Waals surface area contributed by atoms with Gasteiger partial charge in [0, 0.05) is 17.4 Å². The molecule has 4 aromatic rings. The number of benzene rings is 2. The number of hydrogen-bond donors (Lipinski definition) is 1. The van der Waals surface area contributed by atoms with Gasteiger partial charge in [-0.05, 0) is 67.4 Å². The quantitative estimate of drug-likeness (QED) is 0.541. The highest BCUT2D eigenvalue weighted by molar-refractivity contribution is 5.91. The van der Waals surface area contributed by atoms with Crippen molar-refractivity contribution in [3.63, 3.8) is 0 Å². The summed E-state index contributed by atoms with van der Waals surface area (Å²) in [6.45, 7) is 4.03. The van der Waals surface area contributed by atoms with Crippen molar-refractivity contribution >= 4 is 11.6 Å². The number of carbonyl (C=O) groups is 1. The van der Waals surface area contributed by atoms with E-state index >= 15 is 0 Å². The zero-order chi connectivity index (χ0) is 20.4. The van der Waals surface area contributed by atoms with Crippen molar-refractivity contribution in [2.75, 3.05) is 5.32 Å². The summed E-state index contributed by atoms with van der Waals surface area (Å²) in [5.41, 5.74) is 4.14. The van der Waals surface area contributed by atoms with Crippen molar-refractivity contribution in [2.45, 2.75) is 20.4 Å². The minimum Gasteiger partial charge on any atom is -0.334 e. The molecule has 0 aliphatic rings. The molecule has 0 aliphatic carbocycles. The van der Waals surface area contributed by atoms with Gasteiger partial charge in [-0.2, -0.15) is 4.98 Å². The molecule has 0 saturated carbocycles. The predicted octanol–water partition coefficient (Wildman–Crippen LogP) is 4.60. The maximum atomic E-state index is 13.1. The topological polar surface area (TPSA) is 73.0 Å². The van der Waals surface area contributed by atoms with E-state index in [0.717, 1.165) is 16.8 Å². The number of nitrogens with zero attached hydrogens (tertiary/aromatic N) is 3. The fourth-order valence-electron chi connectivity index (χ4n) is 3.00. The first-order chi connectivity index (χ1) is 14.0. The molecule has 1 amide bonds. The summed E-state index contributed by atoms with van der Waals surface area (Å²) in [5.74, 6) is 0.150. The first-order valence-electron chi connectivity index (χ1n) is 9.12. The third kappa shape index (κ3) is 4.08. The molecule has 0 spiro atoms. The highest BCUT2D eigenvalue weighted by Gasteiger charge is 2.16. The molecule has 146 valence electrons. The number of anilines is 1. The Morgan fingerprint density at radius 2 is 1.93 bits per heavy atom. The molecule has 0 aliphatic heterocycles. The van der Waals surface area contributed by atoms with E-state index in [2.05, 4.69) is 15.5 Å².